The molecule has 0 spiro atoms. The molecule has 1 aliphatic rings. The van der Waals surface area contributed by atoms with Crippen LogP contribution < -0.4 is 0 Å². The van der Waals surface area contributed by atoms with Crippen LogP contribution in [0.1, 0.15) is 57.4 Å². The minimum atomic E-state index is -0.828. The number of nitrogens with zero attached hydrogens (tertiary/aromatic N) is 4. The van der Waals surface area contributed by atoms with Gasteiger partial charge >= 0.3 is 5.97 Å². The second-order valence-electron chi connectivity index (χ2n) is 9.12. The van der Waals surface area contributed by atoms with Crippen molar-refractivity contribution in [3.05, 3.63) is 54.1 Å². The third kappa shape index (κ3) is 5.16. The van der Waals surface area contributed by atoms with Crippen molar-refractivity contribution in [3.8, 4) is 22.5 Å². The largest absolute Gasteiger partial charge is 0.481 e. The first-order valence-corrected chi connectivity index (χ1v) is 12.0. The average molecular weight is 464 g/mol. The third-order valence-electron chi connectivity index (χ3n) is 6.76. The van der Waals surface area contributed by atoms with Crippen molar-refractivity contribution in [1.29, 1.82) is 0 Å². The Kier molecular flexibility index (Phi) is 7.35. The molecule has 0 bridgehead atoms. The molecule has 1 aromatic heterocycles. The van der Waals surface area contributed by atoms with Crippen LogP contribution in [0, 0.1) is 5.41 Å². The highest BCUT2D eigenvalue weighted by Crippen LogP contribution is 2.39. The summed E-state index contributed by atoms with van der Waals surface area (Å²) in [4.78, 5) is 26.9. The van der Waals surface area contributed by atoms with Crippen LogP contribution in [-0.2, 0) is 16.1 Å². The van der Waals surface area contributed by atoms with Crippen LogP contribution >= 0.6 is 0 Å². The Hall–Kier alpha value is -3.55. The molecule has 3 aromatic rings. The van der Waals surface area contributed by atoms with E-state index in [4.69, 9.17) is 0 Å². The van der Waals surface area contributed by atoms with Gasteiger partial charge in [0.05, 0.1) is 5.41 Å². The summed E-state index contributed by atoms with van der Waals surface area (Å²) in [6, 6.07) is 15.9. The monoisotopic (exact) mass is 463 g/mol. The van der Waals surface area contributed by atoms with Gasteiger partial charge < -0.3 is 10.0 Å². The molecule has 0 aliphatic heterocycles. The lowest BCUT2D eigenvalue weighted by Crippen LogP contribution is -2.43. The number of aromatic nitrogens is 4. The number of rotatable bonds is 10. The molecule has 8 nitrogen and oxygen atoms in total. The number of carboxylic acid groups (broad SMARTS) is 1. The molecular formula is C26H31N5O3. The number of unbranched alkanes of at least 4 members (excludes halogenated alkanes) is 1. The first-order valence-electron chi connectivity index (χ1n) is 12.0. The van der Waals surface area contributed by atoms with E-state index in [2.05, 4.69) is 27.5 Å². The molecule has 2 aromatic carbocycles. The Morgan fingerprint density at radius 1 is 1.12 bits per heavy atom. The van der Waals surface area contributed by atoms with Gasteiger partial charge in [0.2, 0.25) is 11.7 Å². The molecule has 0 saturated heterocycles. The van der Waals surface area contributed by atoms with E-state index < -0.39 is 11.4 Å². The Labute approximate surface area is 199 Å². The summed E-state index contributed by atoms with van der Waals surface area (Å²) < 4.78 is 0. The van der Waals surface area contributed by atoms with Gasteiger partial charge in [-0.15, -0.1) is 10.2 Å². The lowest BCUT2D eigenvalue weighted by Gasteiger charge is -2.32. The molecule has 1 amide bonds. The fourth-order valence-corrected chi connectivity index (χ4v) is 4.79. The Morgan fingerprint density at radius 2 is 1.85 bits per heavy atom. The van der Waals surface area contributed by atoms with E-state index in [1.54, 1.807) is 4.90 Å². The third-order valence-corrected chi connectivity index (χ3v) is 6.76. The molecule has 1 saturated carbocycles. The van der Waals surface area contributed by atoms with Crippen molar-refractivity contribution in [2.75, 3.05) is 6.54 Å². The van der Waals surface area contributed by atoms with Gasteiger partial charge in [-0.05, 0) is 41.2 Å². The van der Waals surface area contributed by atoms with Crippen LogP contribution in [0.2, 0.25) is 0 Å². The Morgan fingerprint density at radius 3 is 2.50 bits per heavy atom. The lowest BCUT2D eigenvalue weighted by atomic mass is 9.85. The van der Waals surface area contributed by atoms with Crippen molar-refractivity contribution in [1.82, 2.24) is 25.5 Å². The van der Waals surface area contributed by atoms with Gasteiger partial charge in [0, 0.05) is 25.1 Å². The standard InChI is InChI=1S/C26H31N5O3/c1-2-3-10-23(32)31(18-26(25(33)34)15-6-7-16-26)17-19-11-13-20(14-12-19)21-8-4-5-9-22(21)24-27-29-30-28-24/h4-5,8-9,11-14H,2-3,6-7,10,15-18H2,1H3,(H,33,34)(H,27,28,29,30)/i24+2. The van der Waals surface area contributed by atoms with E-state index in [-0.39, 0.29) is 12.5 Å². The van der Waals surface area contributed by atoms with E-state index in [0.717, 1.165) is 47.9 Å². The zero-order valence-electron chi connectivity index (χ0n) is 19.5. The molecule has 2 N–H and O–H groups in total. The van der Waals surface area contributed by atoms with E-state index in [9.17, 15) is 14.7 Å². The lowest BCUT2D eigenvalue weighted by molar-refractivity contribution is -0.151. The highest BCUT2D eigenvalue weighted by molar-refractivity contribution is 5.81. The van der Waals surface area contributed by atoms with Crippen LogP contribution in [0.5, 0.6) is 0 Å². The second kappa shape index (κ2) is 10.6. The molecule has 0 unspecified atom stereocenters. The number of aromatic amines is 1. The maximum atomic E-state index is 13.0. The highest BCUT2D eigenvalue weighted by atomic mass is 16.4. The fourth-order valence-electron chi connectivity index (χ4n) is 4.79. The van der Waals surface area contributed by atoms with Crippen LogP contribution in [-0.4, -0.2) is 49.1 Å². The van der Waals surface area contributed by atoms with E-state index in [1.807, 2.05) is 48.5 Å². The molecule has 4 rings (SSSR count). The maximum absolute atomic E-state index is 13.0. The van der Waals surface area contributed by atoms with Crippen LogP contribution in [0.3, 0.4) is 0 Å². The number of hydrogen-bond acceptors (Lipinski definition) is 5. The minimum Gasteiger partial charge on any atom is -0.481 e. The number of carbonyl (C=O) groups excluding carboxylic acids is 1. The second-order valence-corrected chi connectivity index (χ2v) is 9.12. The molecule has 0 radical (unpaired) electrons. The number of carbonyl (C=O) groups is 2. The zero-order chi connectivity index (χ0) is 24.0. The molecule has 1 heterocycles. The highest BCUT2D eigenvalue weighted by Gasteiger charge is 2.43. The van der Waals surface area contributed by atoms with Gasteiger partial charge in [0.25, 0.3) is 0 Å². The van der Waals surface area contributed by atoms with Gasteiger partial charge in [-0.1, -0.05) is 74.7 Å². The van der Waals surface area contributed by atoms with Crippen molar-refractivity contribution in [2.45, 2.75) is 58.4 Å². The molecule has 34 heavy (non-hydrogen) atoms. The first kappa shape index (κ1) is 23.6. The number of benzene rings is 2. The summed E-state index contributed by atoms with van der Waals surface area (Å²) in [5.74, 6) is -0.226. The summed E-state index contributed by atoms with van der Waals surface area (Å²) in [6.45, 7) is 2.73. The van der Waals surface area contributed by atoms with E-state index in [1.165, 1.54) is 0 Å². The van der Waals surface area contributed by atoms with Gasteiger partial charge in [0.1, 0.15) is 0 Å². The predicted octanol–water partition coefficient (Wildman–Crippen LogP) is 4.70. The number of H-pyrrole nitrogens is 1. The van der Waals surface area contributed by atoms with Gasteiger partial charge in [0.15, 0.2) is 0 Å². The first-order chi connectivity index (χ1) is 16.5. The summed E-state index contributed by atoms with van der Waals surface area (Å²) >= 11 is 0. The van der Waals surface area contributed by atoms with Crippen molar-refractivity contribution in [3.63, 3.8) is 0 Å². The number of hydrogen-bond donors (Lipinski definition) is 2. The number of tetrazole rings is 1. The molecule has 1 fully saturated rings. The van der Waals surface area contributed by atoms with Gasteiger partial charge in [-0.25, -0.2) is 0 Å². The Balaban J connectivity index is 1.56. The Bertz CT molecular complexity index is 1110. The summed E-state index contributed by atoms with van der Waals surface area (Å²) in [5.41, 5.74) is 3.02. The van der Waals surface area contributed by atoms with Crippen LogP contribution in [0.25, 0.3) is 22.5 Å². The molecular weight excluding hydrogens is 432 g/mol. The predicted molar refractivity (Wildman–Crippen MR) is 129 cm³/mol. The molecule has 0 atom stereocenters. The van der Waals surface area contributed by atoms with Gasteiger partial charge in [-0.2, -0.15) is 5.21 Å². The average Bonchev–Trinajstić information content (AvgIpc) is 3.56. The number of amides is 1. The SMILES string of the molecule is CCCCC(=O)N(Cc1ccc(-c2ccccc2-[14c]2nn[nH]n2)cc1)CC1(C(=O)O)CCCC1. The van der Waals surface area contributed by atoms with Crippen molar-refractivity contribution < 1.29 is 14.7 Å². The molecule has 178 valence electrons. The topological polar surface area (TPSA) is 112 Å². The number of aliphatic carboxylic acids is 1. The quantitative estimate of drug-likeness (QED) is 0.451. The normalized spacial score (nSPS) is 14.7. The summed E-state index contributed by atoms with van der Waals surface area (Å²) in [6.07, 6.45) is 5.24. The number of nitrogens with one attached hydrogen (secondary N) is 1. The minimum absolute atomic E-state index is 0.0286. The van der Waals surface area contributed by atoms with Crippen molar-refractivity contribution in [2.24, 2.45) is 5.41 Å². The molecule has 8 heteroatoms. The van der Waals surface area contributed by atoms with Gasteiger partial charge in [-0.3, -0.25) is 9.59 Å². The smallest absolute Gasteiger partial charge is 0.311 e. The number of carboxylic acids is 1. The van der Waals surface area contributed by atoms with Crippen LogP contribution in [0.15, 0.2) is 48.5 Å². The summed E-state index contributed by atoms with van der Waals surface area (Å²) in [5, 5.41) is 24.3. The zero-order valence-corrected chi connectivity index (χ0v) is 19.5. The molecule has 1 aliphatic carbocycles. The van der Waals surface area contributed by atoms with E-state index in [0.29, 0.717) is 31.6 Å². The van der Waals surface area contributed by atoms with Crippen molar-refractivity contribution >= 4 is 11.9 Å². The summed E-state index contributed by atoms with van der Waals surface area (Å²) in [7, 11) is 0. The fraction of sp³-hybridized carbons (Fsp3) is 0.423. The van der Waals surface area contributed by atoms with Crippen LogP contribution in [0.4, 0.5) is 0 Å². The van der Waals surface area contributed by atoms with E-state index >= 15 is 0 Å². The maximum Gasteiger partial charge on any atom is 0.311 e.